The van der Waals surface area contributed by atoms with Crippen molar-refractivity contribution in [3.8, 4) is 0 Å². The molecule has 1 aromatic carbocycles. The second kappa shape index (κ2) is 4.51. The molecule has 0 aliphatic rings. The Balaban J connectivity index is 2.43. The lowest BCUT2D eigenvalue weighted by Gasteiger charge is -2.08. The van der Waals surface area contributed by atoms with Crippen LogP contribution in [0.1, 0.15) is 5.69 Å². The summed E-state index contributed by atoms with van der Waals surface area (Å²) in [5.74, 6) is 0.00631. The van der Waals surface area contributed by atoms with E-state index in [0.717, 1.165) is 0 Å². The van der Waals surface area contributed by atoms with Gasteiger partial charge in [0, 0.05) is 6.07 Å². The molecule has 2 aromatic rings. The predicted molar refractivity (Wildman–Crippen MR) is 67.9 cm³/mol. The molecule has 0 saturated carbocycles. The quantitative estimate of drug-likeness (QED) is 0.842. The molecule has 0 unspecified atom stereocenters. The van der Waals surface area contributed by atoms with Crippen LogP contribution in [0.2, 0.25) is 5.02 Å². The zero-order valence-electron chi connectivity index (χ0n) is 9.34. The second-order valence-corrected chi connectivity index (χ2v) is 5.62. The molecule has 3 N–H and O–H groups in total. The van der Waals surface area contributed by atoms with Gasteiger partial charge in [-0.15, -0.1) is 0 Å². The topological polar surface area (TPSA) is 98.2 Å². The number of nitrogens with two attached hydrogens (primary N) is 1. The number of aromatic nitrogens is 1. The van der Waals surface area contributed by atoms with Crippen molar-refractivity contribution >= 4 is 33.2 Å². The van der Waals surface area contributed by atoms with Gasteiger partial charge in [0.2, 0.25) is 5.88 Å². The lowest BCUT2D eigenvalue weighted by atomic mass is 10.3. The minimum Gasteiger partial charge on any atom is -0.398 e. The Bertz CT molecular complexity index is 661. The van der Waals surface area contributed by atoms with Crippen molar-refractivity contribution in [2.24, 2.45) is 0 Å². The number of anilines is 2. The van der Waals surface area contributed by atoms with Crippen molar-refractivity contribution in [3.05, 3.63) is 35.0 Å². The molecular formula is C10H10ClN3O3S. The SMILES string of the molecule is Cc1cc(NS(=O)(=O)c2c(N)cccc2Cl)on1. The van der Waals surface area contributed by atoms with Gasteiger partial charge in [-0.3, -0.25) is 0 Å². The van der Waals surface area contributed by atoms with E-state index in [2.05, 4.69) is 9.88 Å². The summed E-state index contributed by atoms with van der Waals surface area (Å²) in [7, 11) is -3.90. The fraction of sp³-hybridized carbons (Fsp3) is 0.100. The van der Waals surface area contributed by atoms with Crippen molar-refractivity contribution in [2.45, 2.75) is 11.8 Å². The van der Waals surface area contributed by atoms with Gasteiger partial charge in [-0.25, -0.2) is 13.1 Å². The smallest absolute Gasteiger partial charge is 0.267 e. The number of nitrogens with zero attached hydrogens (tertiary/aromatic N) is 1. The number of hydrogen-bond acceptors (Lipinski definition) is 5. The Kier molecular flexibility index (Phi) is 3.18. The van der Waals surface area contributed by atoms with Crippen LogP contribution in [-0.4, -0.2) is 13.6 Å². The number of nitrogen functional groups attached to an aromatic ring is 1. The summed E-state index contributed by atoms with van der Waals surface area (Å²) < 4.78 is 31.2. The highest BCUT2D eigenvalue weighted by atomic mass is 35.5. The standard InChI is InChI=1S/C10H10ClN3O3S/c1-6-5-9(17-13-6)14-18(15,16)10-7(11)3-2-4-8(10)12/h2-5,14H,12H2,1H3. The molecule has 0 atom stereocenters. The molecule has 6 nitrogen and oxygen atoms in total. The third-order valence-electron chi connectivity index (χ3n) is 2.13. The zero-order chi connectivity index (χ0) is 13.3. The monoisotopic (exact) mass is 287 g/mol. The summed E-state index contributed by atoms with van der Waals surface area (Å²) >= 11 is 5.84. The molecule has 1 aromatic heterocycles. The van der Waals surface area contributed by atoms with E-state index in [4.69, 9.17) is 21.9 Å². The second-order valence-electron chi connectivity index (χ2n) is 3.60. The van der Waals surface area contributed by atoms with Crippen LogP contribution in [0.5, 0.6) is 0 Å². The lowest BCUT2D eigenvalue weighted by Crippen LogP contribution is -2.15. The maximum atomic E-state index is 12.1. The van der Waals surface area contributed by atoms with Gasteiger partial charge in [0.05, 0.1) is 16.4 Å². The number of halogens is 1. The molecule has 0 bridgehead atoms. The molecule has 2 rings (SSSR count). The van der Waals surface area contributed by atoms with Crippen molar-refractivity contribution in [3.63, 3.8) is 0 Å². The number of aryl methyl sites for hydroxylation is 1. The predicted octanol–water partition coefficient (Wildman–Crippen LogP) is 2.02. The Morgan fingerprint density at radius 1 is 1.44 bits per heavy atom. The van der Waals surface area contributed by atoms with E-state index in [9.17, 15) is 8.42 Å². The molecule has 18 heavy (non-hydrogen) atoms. The van der Waals surface area contributed by atoms with Crippen LogP contribution >= 0.6 is 11.6 Å². The van der Waals surface area contributed by atoms with Crippen LogP contribution in [0.3, 0.4) is 0 Å². The van der Waals surface area contributed by atoms with Crippen LogP contribution in [0.25, 0.3) is 0 Å². The summed E-state index contributed by atoms with van der Waals surface area (Å²) in [5.41, 5.74) is 6.23. The highest BCUT2D eigenvalue weighted by Crippen LogP contribution is 2.28. The van der Waals surface area contributed by atoms with E-state index in [1.165, 1.54) is 18.2 Å². The first-order valence-corrected chi connectivity index (χ1v) is 6.76. The molecule has 96 valence electrons. The zero-order valence-corrected chi connectivity index (χ0v) is 10.9. The molecule has 0 amide bonds. The van der Waals surface area contributed by atoms with Crippen molar-refractivity contribution in [2.75, 3.05) is 10.5 Å². The van der Waals surface area contributed by atoms with Crippen LogP contribution in [0, 0.1) is 6.92 Å². The minimum atomic E-state index is -3.90. The summed E-state index contributed by atoms with van der Waals surface area (Å²) in [4.78, 5) is -0.180. The van der Waals surface area contributed by atoms with E-state index < -0.39 is 10.0 Å². The molecule has 0 aliphatic carbocycles. The summed E-state index contributed by atoms with van der Waals surface area (Å²) in [6.45, 7) is 1.67. The summed E-state index contributed by atoms with van der Waals surface area (Å²) in [5, 5.41) is 3.61. The van der Waals surface area contributed by atoms with E-state index in [0.29, 0.717) is 5.69 Å². The third-order valence-corrected chi connectivity index (χ3v) is 4.02. The highest BCUT2D eigenvalue weighted by Gasteiger charge is 2.22. The van der Waals surface area contributed by atoms with Crippen molar-refractivity contribution in [1.29, 1.82) is 0 Å². The van der Waals surface area contributed by atoms with Crippen LogP contribution < -0.4 is 10.5 Å². The Morgan fingerprint density at radius 2 is 2.17 bits per heavy atom. The van der Waals surface area contributed by atoms with Crippen LogP contribution in [-0.2, 0) is 10.0 Å². The lowest BCUT2D eigenvalue weighted by molar-refractivity contribution is 0.430. The van der Waals surface area contributed by atoms with Gasteiger partial charge in [0.1, 0.15) is 4.90 Å². The van der Waals surface area contributed by atoms with Gasteiger partial charge in [-0.05, 0) is 19.1 Å². The van der Waals surface area contributed by atoms with Gasteiger partial charge >= 0.3 is 0 Å². The Morgan fingerprint density at radius 3 is 2.72 bits per heavy atom. The molecule has 0 spiro atoms. The number of hydrogen-bond donors (Lipinski definition) is 2. The molecule has 1 heterocycles. The Labute approximate surface area is 109 Å². The number of rotatable bonds is 3. The van der Waals surface area contributed by atoms with Gasteiger partial charge < -0.3 is 10.3 Å². The molecule has 0 aliphatic heterocycles. The first-order chi connectivity index (χ1) is 8.40. The molecule has 0 fully saturated rings. The maximum absolute atomic E-state index is 12.1. The Hall–Kier alpha value is -1.73. The molecule has 0 radical (unpaired) electrons. The van der Waals surface area contributed by atoms with Gasteiger partial charge in [-0.1, -0.05) is 22.8 Å². The molecule has 0 saturated heterocycles. The van der Waals surface area contributed by atoms with E-state index >= 15 is 0 Å². The third kappa shape index (κ3) is 2.41. The molecular weight excluding hydrogens is 278 g/mol. The van der Waals surface area contributed by atoms with Crippen LogP contribution in [0.4, 0.5) is 11.6 Å². The summed E-state index contributed by atoms with van der Waals surface area (Å²) in [6, 6.07) is 5.91. The normalized spacial score (nSPS) is 11.4. The average Bonchev–Trinajstić information content (AvgIpc) is 2.62. The summed E-state index contributed by atoms with van der Waals surface area (Å²) in [6.07, 6.45) is 0. The first-order valence-electron chi connectivity index (χ1n) is 4.90. The van der Waals surface area contributed by atoms with Gasteiger partial charge in [0.15, 0.2) is 0 Å². The van der Waals surface area contributed by atoms with Gasteiger partial charge in [-0.2, -0.15) is 0 Å². The van der Waals surface area contributed by atoms with E-state index in [1.807, 2.05) is 0 Å². The average molecular weight is 288 g/mol. The number of benzene rings is 1. The maximum Gasteiger partial charge on any atom is 0.267 e. The van der Waals surface area contributed by atoms with E-state index in [-0.39, 0.29) is 21.5 Å². The van der Waals surface area contributed by atoms with Gasteiger partial charge in [0.25, 0.3) is 10.0 Å². The number of sulfonamides is 1. The first kappa shape index (κ1) is 12.7. The minimum absolute atomic E-state index is 0.00631. The largest absolute Gasteiger partial charge is 0.398 e. The van der Waals surface area contributed by atoms with E-state index in [1.54, 1.807) is 13.0 Å². The van der Waals surface area contributed by atoms with Crippen LogP contribution in [0.15, 0.2) is 33.7 Å². The number of nitrogens with one attached hydrogen (secondary N) is 1. The van der Waals surface area contributed by atoms with Crippen molar-refractivity contribution < 1.29 is 12.9 Å². The highest BCUT2D eigenvalue weighted by molar-refractivity contribution is 7.93. The van der Waals surface area contributed by atoms with Crippen molar-refractivity contribution in [1.82, 2.24) is 5.16 Å². The fourth-order valence-electron chi connectivity index (χ4n) is 1.40. The molecule has 8 heteroatoms. The fourth-order valence-corrected chi connectivity index (χ4v) is 3.06.